The molecule has 11 heteroatoms. The SMILES string of the molecule is COC(=O)CNC(=O)[C@@H]1CCCN1C(=O)[C@@H]1CCCN1C(=O)[C@H](C)NC(=O)OC(C)(C)C. The summed E-state index contributed by atoms with van der Waals surface area (Å²) in [6.07, 6.45) is 1.56. The highest BCUT2D eigenvalue weighted by molar-refractivity contribution is 5.95. The van der Waals surface area contributed by atoms with E-state index in [0.717, 1.165) is 0 Å². The molecular weight excluding hydrogens is 420 g/mol. The van der Waals surface area contributed by atoms with Crippen molar-refractivity contribution in [3.63, 3.8) is 0 Å². The van der Waals surface area contributed by atoms with Crippen molar-refractivity contribution in [1.29, 1.82) is 0 Å². The second-order valence-corrected chi connectivity index (χ2v) is 9.04. The Morgan fingerprint density at radius 2 is 1.59 bits per heavy atom. The number of esters is 1. The second-order valence-electron chi connectivity index (χ2n) is 9.04. The van der Waals surface area contributed by atoms with E-state index < -0.39 is 41.7 Å². The third-order valence-electron chi connectivity index (χ3n) is 5.40. The minimum Gasteiger partial charge on any atom is -0.468 e. The lowest BCUT2D eigenvalue weighted by molar-refractivity contribution is -0.147. The number of hydrogen-bond acceptors (Lipinski definition) is 7. The average molecular weight is 455 g/mol. The highest BCUT2D eigenvalue weighted by Gasteiger charge is 2.43. The molecule has 0 saturated carbocycles. The van der Waals surface area contributed by atoms with Gasteiger partial charge in [0.15, 0.2) is 0 Å². The van der Waals surface area contributed by atoms with Gasteiger partial charge >= 0.3 is 12.1 Å². The van der Waals surface area contributed by atoms with Crippen molar-refractivity contribution >= 4 is 29.8 Å². The third kappa shape index (κ3) is 6.57. The van der Waals surface area contributed by atoms with Crippen molar-refractivity contribution in [2.75, 3.05) is 26.7 Å². The Hall–Kier alpha value is -2.85. The minimum atomic E-state index is -0.865. The predicted octanol–water partition coefficient (Wildman–Crippen LogP) is 0.171. The number of carbonyl (C=O) groups is 5. The van der Waals surface area contributed by atoms with Gasteiger partial charge in [-0.15, -0.1) is 0 Å². The van der Waals surface area contributed by atoms with E-state index in [1.807, 2.05) is 0 Å². The van der Waals surface area contributed by atoms with Gasteiger partial charge in [-0.3, -0.25) is 19.2 Å². The smallest absolute Gasteiger partial charge is 0.408 e. The zero-order valence-corrected chi connectivity index (χ0v) is 19.4. The molecule has 0 unspecified atom stereocenters. The van der Waals surface area contributed by atoms with Crippen molar-refractivity contribution in [2.45, 2.75) is 77.1 Å². The first-order chi connectivity index (χ1) is 14.9. The Kier molecular flexibility index (Phi) is 8.45. The van der Waals surface area contributed by atoms with E-state index in [1.165, 1.54) is 16.9 Å². The Labute approximate surface area is 188 Å². The molecule has 0 aliphatic carbocycles. The van der Waals surface area contributed by atoms with Crippen LogP contribution < -0.4 is 10.6 Å². The lowest BCUT2D eigenvalue weighted by Crippen LogP contribution is -2.56. The molecule has 0 radical (unpaired) electrons. The summed E-state index contributed by atoms with van der Waals surface area (Å²) in [5.74, 6) is -1.67. The van der Waals surface area contributed by atoms with E-state index in [1.54, 1.807) is 27.7 Å². The van der Waals surface area contributed by atoms with Gasteiger partial charge in [0.2, 0.25) is 17.7 Å². The summed E-state index contributed by atoms with van der Waals surface area (Å²) in [5, 5.41) is 5.01. The molecule has 32 heavy (non-hydrogen) atoms. The van der Waals surface area contributed by atoms with Crippen molar-refractivity contribution in [3.8, 4) is 0 Å². The van der Waals surface area contributed by atoms with Crippen LogP contribution in [0.25, 0.3) is 0 Å². The molecule has 11 nitrogen and oxygen atoms in total. The van der Waals surface area contributed by atoms with Crippen molar-refractivity contribution < 1.29 is 33.4 Å². The van der Waals surface area contributed by atoms with Crippen molar-refractivity contribution in [1.82, 2.24) is 20.4 Å². The van der Waals surface area contributed by atoms with Gasteiger partial charge in [0.1, 0.15) is 30.3 Å². The fourth-order valence-corrected chi connectivity index (χ4v) is 3.93. The lowest BCUT2D eigenvalue weighted by atomic mass is 10.1. The largest absolute Gasteiger partial charge is 0.468 e. The van der Waals surface area contributed by atoms with Crippen LogP contribution in [0.15, 0.2) is 0 Å². The number of hydrogen-bond donors (Lipinski definition) is 2. The topological polar surface area (TPSA) is 134 Å². The van der Waals surface area contributed by atoms with Crippen LogP contribution >= 0.6 is 0 Å². The van der Waals surface area contributed by atoms with E-state index in [9.17, 15) is 24.0 Å². The fraction of sp³-hybridized carbons (Fsp3) is 0.762. The number of ether oxygens (including phenoxy) is 2. The molecule has 0 aromatic heterocycles. The first kappa shape index (κ1) is 25.4. The molecule has 0 bridgehead atoms. The quantitative estimate of drug-likeness (QED) is 0.546. The number of methoxy groups -OCH3 is 1. The van der Waals surface area contributed by atoms with Gasteiger partial charge in [0.05, 0.1) is 7.11 Å². The van der Waals surface area contributed by atoms with E-state index in [2.05, 4.69) is 15.4 Å². The van der Waals surface area contributed by atoms with E-state index in [-0.39, 0.29) is 18.4 Å². The molecule has 4 amide bonds. The molecule has 0 spiro atoms. The number of nitrogens with one attached hydrogen (secondary N) is 2. The van der Waals surface area contributed by atoms with Gasteiger partial charge in [-0.05, 0) is 53.4 Å². The van der Waals surface area contributed by atoms with Crippen LogP contribution in [0.3, 0.4) is 0 Å². The summed E-state index contributed by atoms with van der Waals surface area (Å²) < 4.78 is 9.71. The summed E-state index contributed by atoms with van der Waals surface area (Å²) in [7, 11) is 1.23. The van der Waals surface area contributed by atoms with Gasteiger partial charge in [-0.2, -0.15) is 0 Å². The highest BCUT2D eigenvalue weighted by Crippen LogP contribution is 2.25. The Bertz CT molecular complexity index is 749. The summed E-state index contributed by atoms with van der Waals surface area (Å²) in [6, 6.07) is -2.25. The monoisotopic (exact) mass is 454 g/mol. The zero-order valence-electron chi connectivity index (χ0n) is 19.4. The van der Waals surface area contributed by atoms with Crippen LogP contribution in [0.2, 0.25) is 0 Å². The van der Waals surface area contributed by atoms with Crippen LogP contribution in [-0.4, -0.2) is 90.1 Å². The first-order valence-corrected chi connectivity index (χ1v) is 10.9. The average Bonchev–Trinajstić information content (AvgIpc) is 3.38. The van der Waals surface area contributed by atoms with Gasteiger partial charge in [0, 0.05) is 13.1 Å². The van der Waals surface area contributed by atoms with Gasteiger partial charge < -0.3 is 29.9 Å². The maximum absolute atomic E-state index is 13.3. The van der Waals surface area contributed by atoms with Crippen LogP contribution in [0.4, 0.5) is 4.79 Å². The predicted molar refractivity (Wildman–Crippen MR) is 113 cm³/mol. The third-order valence-corrected chi connectivity index (χ3v) is 5.40. The molecule has 2 aliphatic rings. The molecule has 2 heterocycles. The molecule has 3 atom stereocenters. The molecule has 2 rings (SSSR count). The molecular formula is C21H34N4O7. The van der Waals surface area contributed by atoms with Gasteiger partial charge in [-0.1, -0.05) is 0 Å². The minimum absolute atomic E-state index is 0.268. The molecule has 2 fully saturated rings. The number of likely N-dealkylation sites (tertiary alicyclic amines) is 2. The summed E-state index contributed by atoms with van der Waals surface area (Å²) in [6.45, 7) is 7.24. The highest BCUT2D eigenvalue weighted by atomic mass is 16.6. The molecule has 0 aromatic rings. The maximum Gasteiger partial charge on any atom is 0.408 e. The Balaban J connectivity index is 2.01. The van der Waals surface area contributed by atoms with Crippen LogP contribution in [-0.2, 0) is 28.7 Å². The van der Waals surface area contributed by atoms with Crippen LogP contribution in [0, 0.1) is 0 Å². The first-order valence-electron chi connectivity index (χ1n) is 10.9. The fourth-order valence-electron chi connectivity index (χ4n) is 3.93. The summed E-state index contributed by atoms with van der Waals surface area (Å²) >= 11 is 0. The summed E-state index contributed by atoms with van der Waals surface area (Å²) in [5.41, 5.74) is -0.696. The van der Waals surface area contributed by atoms with Gasteiger partial charge in [0.25, 0.3) is 0 Å². The summed E-state index contributed by atoms with van der Waals surface area (Å²) in [4.78, 5) is 64.9. The molecule has 2 aliphatic heterocycles. The standard InChI is InChI=1S/C21H34N4O7/c1-13(23-20(30)32-21(2,3)4)18(28)25-11-7-9-15(25)19(29)24-10-6-8-14(24)17(27)22-12-16(26)31-5/h13-15H,6-12H2,1-5H3,(H,22,27)(H,23,30)/t13-,14-,15-/m0/s1. The lowest BCUT2D eigenvalue weighted by Gasteiger charge is -2.32. The Morgan fingerprint density at radius 3 is 2.19 bits per heavy atom. The number of nitrogens with zero attached hydrogens (tertiary/aromatic N) is 2. The molecule has 180 valence electrons. The second kappa shape index (κ2) is 10.6. The molecule has 2 saturated heterocycles. The number of amides is 4. The number of rotatable bonds is 6. The number of carbonyl (C=O) groups excluding carboxylic acids is 5. The normalized spacial score (nSPS) is 21.7. The van der Waals surface area contributed by atoms with Crippen molar-refractivity contribution in [2.24, 2.45) is 0 Å². The molecule has 0 aromatic carbocycles. The van der Waals surface area contributed by atoms with Crippen LogP contribution in [0.5, 0.6) is 0 Å². The van der Waals surface area contributed by atoms with E-state index in [4.69, 9.17) is 4.74 Å². The number of alkyl carbamates (subject to hydrolysis) is 1. The van der Waals surface area contributed by atoms with Gasteiger partial charge in [-0.25, -0.2) is 4.79 Å². The zero-order chi connectivity index (χ0) is 24.1. The van der Waals surface area contributed by atoms with E-state index in [0.29, 0.717) is 38.8 Å². The Morgan fingerprint density at radius 1 is 1.00 bits per heavy atom. The van der Waals surface area contributed by atoms with Crippen LogP contribution in [0.1, 0.15) is 53.4 Å². The van der Waals surface area contributed by atoms with E-state index >= 15 is 0 Å². The van der Waals surface area contributed by atoms with Crippen molar-refractivity contribution in [3.05, 3.63) is 0 Å². The molecule has 2 N–H and O–H groups in total. The maximum atomic E-state index is 13.3.